The molecule has 0 amide bonds. The van der Waals surface area contributed by atoms with Gasteiger partial charge in [0, 0.05) is 18.0 Å². The summed E-state index contributed by atoms with van der Waals surface area (Å²) >= 11 is 0. The van der Waals surface area contributed by atoms with Crippen molar-refractivity contribution in [1.82, 2.24) is 4.98 Å². The summed E-state index contributed by atoms with van der Waals surface area (Å²) in [6.45, 7) is 5.31. The van der Waals surface area contributed by atoms with E-state index in [1.807, 2.05) is 30.3 Å². The fourth-order valence-electron chi connectivity index (χ4n) is 3.59. The number of rotatable bonds is 5. The van der Waals surface area contributed by atoms with E-state index >= 15 is 0 Å². The van der Waals surface area contributed by atoms with Crippen molar-refractivity contribution in [1.29, 1.82) is 5.26 Å². The van der Waals surface area contributed by atoms with E-state index < -0.39 is 0 Å². The first-order chi connectivity index (χ1) is 11.7. The van der Waals surface area contributed by atoms with Gasteiger partial charge >= 0.3 is 0 Å². The lowest BCUT2D eigenvalue weighted by Crippen LogP contribution is -2.38. The first-order valence-electron chi connectivity index (χ1n) is 8.92. The van der Waals surface area contributed by atoms with Crippen LogP contribution in [0.5, 0.6) is 0 Å². The Balaban J connectivity index is 1.71. The van der Waals surface area contributed by atoms with Crippen LogP contribution in [-0.2, 0) is 4.74 Å². The summed E-state index contributed by atoms with van der Waals surface area (Å²) in [5, 5.41) is 13.6. The molecule has 1 N–H and O–H groups in total. The van der Waals surface area contributed by atoms with Crippen molar-refractivity contribution < 1.29 is 4.74 Å². The summed E-state index contributed by atoms with van der Waals surface area (Å²) in [7, 11) is 0. The third-order valence-corrected chi connectivity index (χ3v) is 5.06. The zero-order valence-electron chi connectivity index (χ0n) is 14.5. The molecule has 4 nitrogen and oxygen atoms in total. The molecule has 3 rings (SSSR count). The summed E-state index contributed by atoms with van der Waals surface area (Å²) < 4.78 is 5.99. The summed E-state index contributed by atoms with van der Waals surface area (Å²) in [5.41, 5.74) is 1.59. The van der Waals surface area contributed by atoms with E-state index in [1.54, 1.807) is 0 Å². The highest BCUT2D eigenvalue weighted by Gasteiger charge is 2.27. The van der Waals surface area contributed by atoms with Crippen LogP contribution in [0.4, 0.5) is 5.82 Å². The Kier molecular flexibility index (Phi) is 5.32. The number of nitriles is 1. The predicted molar refractivity (Wildman–Crippen MR) is 96.9 cm³/mol. The second-order valence-corrected chi connectivity index (χ2v) is 6.57. The molecule has 24 heavy (non-hydrogen) atoms. The normalized spacial score (nSPS) is 20.9. The number of nitrogens with zero attached hydrogens (tertiary/aromatic N) is 2. The minimum atomic E-state index is 0.352. The maximum Gasteiger partial charge on any atom is 0.126 e. The highest BCUT2D eigenvalue weighted by molar-refractivity contribution is 5.81. The minimum absolute atomic E-state index is 0.352. The maximum atomic E-state index is 8.98. The molecule has 0 saturated carbocycles. The molecule has 1 aromatic carbocycles. The van der Waals surface area contributed by atoms with Gasteiger partial charge in [-0.3, -0.25) is 0 Å². The summed E-state index contributed by atoms with van der Waals surface area (Å²) in [6.07, 6.45) is 4.75. The Morgan fingerprint density at radius 1 is 1.29 bits per heavy atom. The van der Waals surface area contributed by atoms with Gasteiger partial charge < -0.3 is 10.1 Å². The number of hydrogen-bond donors (Lipinski definition) is 1. The van der Waals surface area contributed by atoms with Gasteiger partial charge in [0.1, 0.15) is 5.82 Å². The molecule has 0 spiro atoms. The third kappa shape index (κ3) is 3.68. The van der Waals surface area contributed by atoms with Crippen LogP contribution in [0.25, 0.3) is 10.9 Å². The summed E-state index contributed by atoms with van der Waals surface area (Å²) in [4.78, 5) is 4.69. The molecule has 2 unspecified atom stereocenters. The second kappa shape index (κ2) is 7.63. The zero-order valence-corrected chi connectivity index (χ0v) is 14.5. The molecule has 126 valence electrons. The Morgan fingerprint density at radius 3 is 2.88 bits per heavy atom. The van der Waals surface area contributed by atoms with Gasteiger partial charge in [0.15, 0.2) is 0 Å². The Hall–Kier alpha value is -2.12. The van der Waals surface area contributed by atoms with Crippen molar-refractivity contribution in [2.45, 2.75) is 51.7 Å². The SMILES string of the molecule is CCC(CC)C1CC(Nc2ccc3cc(C#N)ccc3n2)CCO1. The van der Waals surface area contributed by atoms with Crippen LogP contribution in [0.3, 0.4) is 0 Å². The largest absolute Gasteiger partial charge is 0.378 e. The van der Waals surface area contributed by atoms with Crippen LogP contribution in [0.1, 0.15) is 45.1 Å². The average Bonchev–Trinajstić information content (AvgIpc) is 2.62. The summed E-state index contributed by atoms with van der Waals surface area (Å²) in [5.74, 6) is 1.55. The number of hydrogen-bond acceptors (Lipinski definition) is 4. The average molecular weight is 323 g/mol. The molecular formula is C20H25N3O. The zero-order chi connectivity index (χ0) is 16.9. The molecule has 2 heterocycles. The van der Waals surface area contributed by atoms with Crippen molar-refractivity contribution in [3.05, 3.63) is 35.9 Å². The molecule has 2 atom stereocenters. The van der Waals surface area contributed by atoms with Crippen LogP contribution in [0.15, 0.2) is 30.3 Å². The molecule has 0 bridgehead atoms. The first kappa shape index (κ1) is 16.7. The molecule has 0 aliphatic carbocycles. The molecule has 4 heteroatoms. The standard InChI is InChI=1S/C20H25N3O/c1-3-15(4-2)19-12-17(9-10-24-19)22-20-8-6-16-11-14(13-21)5-7-18(16)23-20/h5-8,11,15,17,19H,3-4,9-10,12H2,1-2H3,(H,22,23). The van der Waals surface area contributed by atoms with Gasteiger partial charge in [-0.25, -0.2) is 4.98 Å². The van der Waals surface area contributed by atoms with Crippen LogP contribution in [0, 0.1) is 17.2 Å². The van der Waals surface area contributed by atoms with E-state index in [4.69, 9.17) is 15.0 Å². The number of nitrogens with one attached hydrogen (secondary N) is 1. The monoisotopic (exact) mass is 323 g/mol. The molecular weight excluding hydrogens is 298 g/mol. The molecule has 1 fully saturated rings. The number of anilines is 1. The lowest BCUT2D eigenvalue weighted by molar-refractivity contribution is -0.0271. The van der Waals surface area contributed by atoms with Crippen molar-refractivity contribution in [3.8, 4) is 6.07 Å². The van der Waals surface area contributed by atoms with Crippen LogP contribution in [0.2, 0.25) is 0 Å². The Morgan fingerprint density at radius 2 is 2.12 bits per heavy atom. The van der Waals surface area contributed by atoms with Crippen molar-refractivity contribution in [3.63, 3.8) is 0 Å². The Bertz CT molecular complexity index is 733. The second-order valence-electron chi connectivity index (χ2n) is 6.57. The van der Waals surface area contributed by atoms with Gasteiger partial charge in [0.2, 0.25) is 0 Å². The smallest absolute Gasteiger partial charge is 0.126 e. The molecule has 0 radical (unpaired) electrons. The summed E-state index contributed by atoms with van der Waals surface area (Å²) in [6, 6.07) is 12.2. The van der Waals surface area contributed by atoms with E-state index in [2.05, 4.69) is 25.2 Å². The number of fused-ring (bicyclic) bond motifs is 1. The molecule has 1 aromatic heterocycles. The van der Waals surface area contributed by atoms with E-state index in [1.165, 1.54) is 12.8 Å². The van der Waals surface area contributed by atoms with Gasteiger partial charge in [0.05, 0.1) is 23.3 Å². The van der Waals surface area contributed by atoms with Crippen LogP contribution >= 0.6 is 0 Å². The highest BCUT2D eigenvalue weighted by Crippen LogP contribution is 2.27. The van der Waals surface area contributed by atoms with Crippen molar-refractivity contribution in [2.24, 2.45) is 5.92 Å². The van der Waals surface area contributed by atoms with E-state index in [9.17, 15) is 0 Å². The lowest BCUT2D eigenvalue weighted by Gasteiger charge is -2.34. The maximum absolute atomic E-state index is 8.98. The topological polar surface area (TPSA) is 57.9 Å². The van der Waals surface area contributed by atoms with E-state index in [0.717, 1.165) is 36.2 Å². The number of aromatic nitrogens is 1. The van der Waals surface area contributed by atoms with Gasteiger partial charge in [-0.05, 0) is 49.1 Å². The fourth-order valence-corrected chi connectivity index (χ4v) is 3.59. The van der Waals surface area contributed by atoms with Crippen LogP contribution < -0.4 is 5.32 Å². The lowest BCUT2D eigenvalue weighted by atomic mass is 9.89. The number of ether oxygens (including phenoxy) is 1. The number of benzene rings is 1. The number of pyridine rings is 1. The van der Waals surface area contributed by atoms with Gasteiger partial charge in [-0.15, -0.1) is 0 Å². The first-order valence-corrected chi connectivity index (χ1v) is 8.92. The molecule has 2 aromatic rings. The van der Waals surface area contributed by atoms with E-state index in [-0.39, 0.29) is 0 Å². The predicted octanol–water partition coefficient (Wildman–Crippen LogP) is 4.50. The van der Waals surface area contributed by atoms with E-state index in [0.29, 0.717) is 23.6 Å². The highest BCUT2D eigenvalue weighted by atomic mass is 16.5. The fraction of sp³-hybridized carbons (Fsp3) is 0.500. The quantitative estimate of drug-likeness (QED) is 0.880. The molecule has 1 aliphatic heterocycles. The van der Waals surface area contributed by atoms with Crippen molar-refractivity contribution in [2.75, 3.05) is 11.9 Å². The third-order valence-electron chi connectivity index (χ3n) is 5.06. The van der Waals surface area contributed by atoms with Gasteiger partial charge in [-0.2, -0.15) is 5.26 Å². The van der Waals surface area contributed by atoms with Crippen LogP contribution in [-0.4, -0.2) is 23.7 Å². The Labute approximate surface area is 143 Å². The molecule has 1 aliphatic rings. The van der Waals surface area contributed by atoms with Crippen molar-refractivity contribution >= 4 is 16.7 Å². The molecule has 1 saturated heterocycles. The minimum Gasteiger partial charge on any atom is -0.378 e. The van der Waals surface area contributed by atoms with Gasteiger partial charge in [0.25, 0.3) is 0 Å². The van der Waals surface area contributed by atoms with Gasteiger partial charge in [-0.1, -0.05) is 26.7 Å².